The summed E-state index contributed by atoms with van der Waals surface area (Å²) in [4.78, 5) is 14.4. The van der Waals surface area contributed by atoms with Crippen molar-refractivity contribution >= 4 is 5.91 Å². The van der Waals surface area contributed by atoms with Gasteiger partial charge in [0, 0.05) is 13.1 Å². The fourth-order valence-corrected chi connectivity index (χ4v) is 2.49. The number of amides is 1. The molecule has 5 nitrogen and oxygen atoms in total. The van der Waals surface area contributed by atoms with Crippen LogP contribution in [0, 0.1) is 5.82 Å². The summed E-state index contributed by atoms with van der Waals surface area (Å²) in [5.74, 6) is -0.412. The molecule has 0 aliphatic carbocycles. The number of hydrogen-bond donors (Lipinski definition) is 1. The van der Waals surface area contributed by atoms with Gasteiger partial charge in [0.15, 0.2) is 11.6 Å². The lowest BCUT2D eigenvalue weighted by Gasteiger charge is -2.31. The molecule has 0 spiro atoms. The van der Waals surface area contributed by atoms with Gasteiger partial charge in [0.2, 0.25) is 0 Å². The van der Waals surface area contributed by atoms with E-state index in [1.54, 1.807) is 12.1 Å². The Morgan fingerprint density at radius 1 is 1.59 bits per heavy atom. The predicted octanol–water partition coefficient (Wildman–Crippen LogP) is 1.73. The van der Waals surface area contributed by atoms with E-state index >= 15 is 0 Å². The quantitative estimate of drug-likeness (QED) is 0.900. The monoisotopic (exact) mass is 310 g/mol. The van der Waals surface area contributed by atoms with E-state index in [4.69, 9.17) is 9.47 Å². The predicted molar refractivity (Wildman–Crippen MR) is 81.4 cm³/mol. The van der Waals surface area contributed by atoms with Crippen molar-refractivity contribution in [1.29, 1.82) is 0 Å². The summed E-state index contributed by atoms with van der Waals surface area (Å²) in [5, 5.41) is 2.88. The highest BCUT2D eigenvalue weighted by Crippen LogP contribution is 2.22. The maximum Gasteiger partial charge on any atom is 0.250 e. The van der Waals surface area contributed by atoms with Crippen LogP contribution >= 0.6 is 0 Å². The third kappa shape index (κ3) is 3.96. The summed E-state index contributed by atoms with van der Waals surface area (Å²) in [6.07, 6.45) is -0.473. The average Bonchev–Trinajstić information content (AvgIpc) is 2.54. The molecule has 1 fully saturated rings. The Labute approximate surface area is 130 Å². The zero-order chi connectivity index (χ0) is 16.1. The Morgan fingerprint density at radius 2 is 2.36 bits per heavy atom. The number of ether oxygens (including phenoxy) is 2. The maximum absolute atomic E-state index is 13.7. The van der Waals surface area contributed by atoms with Crippen LogP contribution in [0.15, 0.2) is 18.2 Å². The van der Waals surface area contributed by atoms with E-state index in [2.05, 4.69) is 17.1 Å². The number of nitrogens with one attached hydrogen (secondary N) is 1. The zero-order valence-electron chi connectivity index (χ0n) is 13.3. The molecule has 1 aromatic rings. The normalized spacial score (nSPS) is 20.5. The molecular formula is C16H23FN2O3. The molecule has 6 heteroatoms. The molecule has 0 radical (unpaired) electrons. The lowest BCUT2D eigenvalue weighted by Crippen LogP contribution is -2.50. The molecular weight excluding hydrogens is 287 g/mol. The van der Waals surface area contributed by atoms with Gasteiger partial charge < -0.3 is 14.8 Å². The van der Waals surface area contributed by atoms with Gasteiger partial charge >= 0.3 is 0 Å². The second-order valence-electron chi connectivity index (χ2n) is 5.38. The van der Waals surface area contributed by atoms with E-state index in [0.29, 0.717) is 18.7 Å². The van der Waals surface area contributed by atoms with Crippen LogP contribution in [0.2, 0.25) is 0 Å². The van der Waals surface area contributed by atoms with Crippen LogP contribution in [-0.2, 0) is 9.53 Å². The van der Waals surface area contributed by atoms with Crippen LogP contribution in [-0.4, -0.2) is 50.3 Å². The van der Waals surface area contributed by atoms with Gasteiger partial charge in [0.1, 0.15) is 6.10 Å². The largest absolute Gasteiger partial charge is 0.494 e. The molecule has 1 N–H and O–H groups in total. The second kappa shape index (κ2) is 7.56. The van der Waals surface area contributed by atoms with Gasteiger partial charge in [-0.2, -0.15) is 0 Å². The number of rotatable bonds is 5. The molecule has 0 bridgehead atoms. The number of hydrogen-bond acceptors (Lipinski definition) is 4. The van der Waals surface area contributed by atoms with Crippen LogP contribution < -0.4 is 10.1 Å². The minimum Gasteiger partial charge on any atom is -0.494 e. The lowest BCUT2D eigenvalue weighted by molar-refractivity contribution is -0.139. The topological polar surface area (TPSA) is 50.8 Å². The highest BCUT2D eigenvalue weighted by atomic mass is 19.1. The van der Waals surface area contributed by atoms with Gasteiger partial charge in [0.25, 0.3) is 5.91 Å². The van der Waals surface area contributed by atoms with Crippen LogP contribution in [0.3, 0.4) is 0 Å². The fraction of sp³-hybridized carbons (Fsp3) is 0.562. The van der Waals surface area contributed by atoms with Crippen molar-refractivity contribution in [2.24, 2.45) is 0 Å². The molecule has 1 saturated heterocycles. The highest BCUT2D eigenvalue weighted by Gasteiger charge is 2.27. The van der Waals surface area contributed by atoms with Crippen molar-refractivity contribution in [3.05, 3.63) is 29.6 Å². The van der Waals surface area contributed by atoms with Crippen molar-refractivity contribution in [3.63, 3.8) is 0 Å². The summed E-state index contributed by atoms with van der Waals surface area (Å²) in [6, 6.07) is 4.38. The molecule has 0 aromatic heterocycles. The number of morpholine rings is 1. The molecule has 0 unspecified atom stereocenters. The Morgan fingerprint density at radius 3 is 3.00 bits per heavy atom. The Balaban J connectivity index is 1.97. The summed E-state index contributed by atoms with van der Waals surface area (Å²) in [7, 11) is 1.42. The van der Waals surface area contributed by atoms with Crippen LogP contribution in [0.5, 0.6) is 5.75 Å². The highest BCUT2D eigenvalue weighted by molar-refractivity contribution is 5.81. The minimum atomic E-state index is -0.473. The summed E-state index contributed by atoms with van der Waals surface area (Å²) in [6.45, 7) is 6.76. The number of carbonyl (C=O) groups excluding carboxylic acids is 1. The Hall–Kier alpha value is -1.66. The number of likely N-dealkylation sites (N-methyl/N-ethyl adjacent to an activating group) is 1. The van der Waals surface area contributed by atoms with Crippen LogP contribution in [0.25, 0.3) is 0 Å². The first-order valence-electron chi connectivity index (χ1n) is 7.53. The molecule has 1 aliphatic rings. The van der Waals surface area contributed by atoms with Gasteiger partial charge in [-0.1, -0.05) is 13.0 Å². The smallest absolute Gasteiger partial charge is 0.250 e. The average molecular weight is 310 g/mol. The number of halogens is 1. The third-order valence-corrected chi connectivity index (χ3v) is 3.92. The van der Waals surface area contributed by atoms with E-state index in [0.717, 1.165) is 13.1 Å². The van der Waals surface area contributed by atoms with Crippen molar-refractivity contribution in [2.75, 3.05) is 33.4 Å². The zero-order valence-corrected chi connectivity index (χ0v) is 13.3. The lowest BCUT2D eigenvalue weighted by atomic mass is 10.1. The van der Waals surface area contributed by atoms with Crippen LogP contribution in [0.4, 0.5) is 4.39 Å². The van der Waals surface area contributed by atoms with E-state index in [-0.39, 0.29) is 17.7 Å². The second-order valence-corrected chi connectivity index (χ2v) is 5.38. The number of nitrogens with zero attached hydrogens (tertiary/aromatic N) is 1. The van der Waals surface area contributed by atoms with Gasteiger partial charge in [-0.05, 0) is 31.2 Å². The molecule has 2 atom stereocenters. The van der Waals surface area contributed by atoms with E-state index in [1.807, 2.05) is 6.92 Å². The van der Waals surface area contributed by atoms with Gasteiger partial charge in [-0.3, -0.25) is 9.69 Å². The summed E-state index contributed by atoms with van der Waals surface area (Å²) >= 11 is 0. The number of carbonyl (C=O) groups is 1. The maximum atomic E-state index is 13.7. The molecule has 122 valence electrons. The van der Waals surface area contributed by atoms with E-state index in [1.165, 1.54) is 13.2 Å². The molecule has 2 rings (SSSR count). The summed E-state index contributed by atoms with van der Waals surface area (Å²) in [5.41, 5.74) is 0.690. The van der Waals surface area contributed by atoms with Crippen molar-refractivity contribution in [3.8, 4) is 5.75 Å². The first-order chi connectivity index (χ1) is 10.5. The molecule has 0 saturated carbocycles. The standard InChI is InChI=1S/C16H23FN2O3/c1-4-19-7-8-22-15(10-19)16(20)18-11(2)12-5-6-14(21-3)13(17)9-12/h5-6,9,11,15H,4,7-8,10H2,1-3H3,(H,18,20)/t11-,15-/m0/s1. The first kappa shape index (κ1) is 16.7. The Bertz CT molecular complexity index is 524. The van der Waals surface area contributed by atoms with Gasteiger partial charge in [-0.25, -0.2) is 4.39 Å². The van der Waals surface area contributed by atoms with Gasteiger partial charge in [0.05, 0.1) is 19.8 Å². The molecule has 1 aliphatic heterocycles. The third-order valence-electron chi connectivity index (χ3n) is 3.92. The molecule has 1 heterocycles. The van der Waals surface area contributed by atoms with Crippen molar-refractivity contribution in [2.45, 2.75) is 26.0 Å². The van der Waals surface area contributed by atoms with Crippen molar-refractivity contribution in [1.82, 2.24) is 10.2 Å². The molecule has 22 heavy (non-hydrogen) atoms. The summed E-state index contributed by atoms with van der Waals surface area (Å²) < 4.78 is 24.1. The van der Waals surface area contributed by atoms with E-state index in [9.17, 15) is 9.18 Å². The molecule has 1 amide bonds. The molecule has 1 aromatic carbocycles. The first-order valence-corrected chi connectivity index (χ1v) is 7.53. The Kier molecular flexibility index (Phi) is 5.74. The minimum absolute atomic E-state index is 0.165. The fourth-order valence-electron chi connectivity index (χ4n) is 2.49. The SMILES string of the molecule is CCN1CCO[C@H](C(=O)N[C@@H](C)c2ccc(OC)c(F)c2)C1. The van der Waals surface area contributed by atoms with Gasteiger partial charge in [-0.15, -0.1) is 0 Å². The van der Waals surface area contributed by atoms with Crippen LogP contribution in [0.1, 0.15) is 25.5 Å². The van der Waals surface area contributed by atoms with E-state index < -0.39 is 11.9 Å². The number of benzene rings is 1. The number of methoxy groups -OCH3 is 1. The van der Waals surface area contributed by atoms with Crippen molar-refractivity contribution < 1.29 is 18.7 Å².